The standard InChI is InChI=1S/C9H8N2O2/c1-2-5-10-8-7(9(12)13)4-3-6-11-8/h1,3-4,6H,5H2,(H,10,11)(H,12,13). The molecule has 0 aliphatic rings. The lowest BCUT2D eigenvalue weighted by Gasteiger charge is -2.03. The molecule has 13 heavy (non-hydrogen) atoms. The molecule has 0 unspecified atom stereocenters. The van der Waals surface area contributed by atoms with Crippen molar-refractivity contribution in [3.63, 3.8) is 0 Å². The highest BCUT2D eigenvalue weighted by Crippen LogP contribution is 2.10. The Balaban J connectivity index is 2.92. The van der Waals surface area contributed by atoms with Crippen LogP contribution in [0.15, 0.2) is 18.3 Å². The van der Waals surface area contributed by atoms with E-state index in [1.165, 1.54) is 12.3 Å². The molecule has 0 fully saturated rings. The Hall–Kier alpha value is -2.02. The van der Waals surface area contributed by atoms with Gasteiger partial charge in [-0.3, -0.25) is 0 Å². The molecular weight excluding hydrogens is 168 g/mol. The van der Waals surface area contributed by atoms with E-state index in [1.54, 1.807) is 6.07 Å². The predicted octanol–water partition coefficient (Wildman–Crippen LogP) is 0.825. The van der Waals surface area contributed by atoms with Crippen LogP contribution in [0.4, 0.5) is 5.82 Å². The fourth-order valence-corrected chi connectivity index (χ4v) is 0.854. The number of nitrogens with zero attached hydrogens (tertiary/aromatic N) is 1. The molecule has 4 nitrogen and oxygen atoms in total. The summed E-state index contributed by atoms with van der Waals surface area (Å²) in [6.45, 7) is 0.261. The van der Waals surface area contributed by atoms with Gasteiger partial charge in [-0.1, -0.05) is 5.92 Å². The Morgan fingerprint density at radius 3 is 3.15 bits per heavy atom. The molecule has 1 aromatic rings. The number of hydrogen-bond donors (Lipinski definition) is 2. The zero-order valence-electron chi connectivity index (χ0n) is 6.82. The number of hydrogen-bond acceptors (Lipinski definition) is 3. The summed E-state index contributed by atoms with van der Waals surface area (Å²) >= 11 is 0. The van der Waals surface area contributed by atoms with Gasteiger partial charge in [0, 0.05) is 6.20 Å². The Bertz CT molecular complexity index is 355. The van der Waals surface area contributed by atoms with Gasteiger partial charge in [0.15, 0.2) is 0 Å². The first-order valence-electron chi connectivity index (χ1n) is 3.61. The first-order valence-corrected chi connectivity index (χ1v) is 3.61. The van der Waals surface area contributed by atoms with Crippen LogP contribution in [0.1, 0.15) is 10.4 Å². The predicted molar refractivity (Wildman–Crippen MR) is 48.5 cm³/mol. The number of aromatic carboxylic acids is 1. The van der Waals surface area contributed by atoms with E-state index in [2.05, 4.69) is 16.2 Å². The molecule has 1 aromatic heterocycles. The molecule has 0 saturated carbocycles. The van der Waals surface area contributed by atoms with E-state index in [1.807, 2.05) is 0 Å². The number of carboxylic acids is 1. The largest absolute Gasteiger partial charge is 0.478 e. The third kappa shape index (κ3) is 2.20. The summed E-state index contributed by atoms with van der Waals surface area (Å²) in [4.78, 5) is 14.5. The molecule has 0 aliphatic heterocycles. The average molecular weight is 176 g/mol. The van der Waals surface area contributed by atoms with Gasteiger partial charge in [0.2, 0.25) is 0 Å². The maximum atomic E-state index is 10.7. The molecule has 0 amide bonds. The van der Waals surface area contributed by atoms with Crippen molar-refractivity contribution < 1.29 is 9.90 Å². The van der Waals surface area contributed by atoms with E-state index < -0.39 is 5.97 Å². The minimum Gasteiger partial charge on any atom is -0.478 e. The normalized spacial score (nSPS) is 8.85. The van der Waals surface area contributed by atoms with Crippen molar-refractivity contribution in [2.24, 2.45) is 0 Å². The van der Waals surface area contributed by atoms with Crippen molar-refractivity contribution in [3.05, 3.63) is 23.9 Å². The molecule has 4 heteroatoms. The third-order valence-electron chi connectivity index (χ3n) is 1.40. The summed E-state index contributed by atoms with van der Waals surface area (Å²) < 4.78 is 0. The number of nitrogens with one attached hydrogen (secondary N) is 1. The molecule has 0 bridgehead atoms. The van der Waals surface area contributed by atoms with Crippen LogP contribution >= 0.6 is 0 Å². The first kappa shape index (κ1) is 9.07. The summed E-state index contributed by atoms with van der Waals surface area (Å²) in [5.41, 5.74) is 0.123. The third-order valence-corrected chi connectivity index (χ3v) is 1.40. The molecule has 66 valence electrons. The quantitative estimate of drug-likeness (QED) is 0.669. The summed E-state index contributed by atoms with van der Waals surface area (Å²) in [5.74, 6) is 1.62. The average Bonchev–Trinajstić information content (AvgIpc) is 2.15. The van der Waals surface area contributed by atoms with Crippen molar-refractivity contribution in [3.8, 4) is 12.3 Å². The minimum atomic E-state index is -1.02. The highest BCUT2D eigenvalue weighted by Gasteiger charge is 2.08. The number of carboxylic acid groups (broad SMARTS) is 1. The van der Waals surface area contributed by atoms with Crippen molar-refractivity contribution in [2.45, 2.75) is 0 Å². The van der Waals surface area contributed by atoms with Gasteiger partial charge in [0.1, 0.15) is 11.4 Å². The van der Waals surface area contributed by atoms with Crippen molar-refractivity contribution >= 4 is 11.8 Å². The van der Waals surface area contributed by atoms with Crippen LogP contribution in [-0.4, -0.2) is 22.6 Å². The molecular formula is C9H8N2O2. The van der Waals surface area contributed by atoms with E-state index in [9.17, 15) is 4.79 Å². The van der Waals surface area contributed by atoms with E-state index in [0.29, 0.717) is 5.82 Å². The van der Waals surface area contributed by atoms with Crippen LogP contribution in [-0.2, 0) is 0 Å². The number of rotatable bonds is 3. The second-order valence-corrected chi connectivity index (χ2v) is 2.26. The minimum absolute atomic E-state index is 0.123. The lowest BCUT2D eigenvalue weighted by Crippen LogP contribution is -2.07. The van der Waals surface area contributed by atoms with Crippen LogP contribution < -0.4 is 5.32 Å². The van der Waals surface area contributed by atoms with Crippen LogP contribution in [0.3, 0.4) is 0 Å². The van der Waals surface area contributed by atoms with E-state index in [0.717, 1.165) is 0 Å². The number of aromatic nitrogens is 1. The van der Waals surface area contributed by atoms with Crippen LogP contribution in [0.2, 0.25) is 0 Å². The number of anilines is 1. The molecule has 2 N–H and O–H groups in total. The lowest BCUT2D eigenvalue weighted by molar-refractivity contribution is 0.0697. The molecule has 0 spiro atoms. The highest BCUT2D eigenvalue weighted by atomic mass is 16.4. The maximum Gasteiger partial charge on any atom is 0.339 e. The fraction of sp³-hybridized carbons (Fsp3) is 0.111. The van der Waals surface area contributed by atoms with E-state index in [4.69, 9.17) is 11.5 Å². The Kier molecular flexibility index (Phi) is 2.87. The second kappa shape index (κ2) is 4.12. The van der Waals surface area contributed by atoms with Gasteiger partial charge in [-0.15, -0.1) is 6.42 Å². The van der Waals surface area contributed by atoms with Crippen molar-refractivity contribution in [1.29, 1.82) is 0 Å². The molecule has 0 atom stereocenters. The number of terminal acetylenes is 1. The maximum absolute atomic E-state index is 10.7. The van der Waals surface area contributed by atoms with Gasteiger partial charge in [0.25, 0.3) is 0 Å². The van der Waals surface area contributed by atoms with E-state index >= 15 is 0 Å². The van der Waals surface area contributed by atoms with Gasteiger partial charge >= 0.3 is 5.97 Å². The second-order valence-electron chi connectivity index (χ2n) is 2.26. The van der Waals surface area contributed by atoms with Crippen LogP contribution in [0.25, 0.3) is 0 Å². The first-order chi connectivity index (χ1) is 6.25. The van der Waals surface area contributed by atoms with Crippen molar-refractivity contribution in [2.75, 3.05) is 11.9 Å². The summed E-state index contributed by atoms with van der Waals surface area (Å²) in [6.07, 6.45) is 6.52. The van der Waals surface area contributed by atoms with Gasteiger partial charge in [-0.2, -0.15) is 0 Å². The van der Waals surface area contributed by atoms with Crippen LogP contribution in [0, 0.1) is 12.3 Å². The van der Waals surface area contributed by atoms with Gasteiger partial charge in [0.05, 0.1) is 6.54 Å². The summed E-state index contributed by atoms with van der Waals surface area (Å²) in [7, 11) is 0. The fourth-order valence-electron chi connectivity index (χ4n) is 0.854. The number of carbonyl (C=O) groups is 1. The molecule has 0 radical (unpaired) electrons. The molecule has 0 aliphatic carbocycles. The Morgan fingerprint density at radius 2 is 2.54 bits per heavy atom. The Labute approximate surface area is 75.6 Å². The van der Waals surface area contributed by atoms with E-state index in [-0.39, 0.29) is 12.1 Å². The SMILES string of the molecule is C#CCNc1ncccc1C(=O)O. The van der Waals surface area contributed by atoms with Gasteiger partial charge in [-0.05, 0) is 12.1 Å². The zero-order chi connectivity index (χ0) is 9.68. The van der Waals surface area contributed by atoms with Gasteiger partial charge < -0.3 is 10.4 Å². The smallest absolute Gasteiger partial charge is 0.339 e. The highest BCUT2D eigenvalue weighted by molar-refractivity contribution is 5.92. The van der Waals surface area contributed by atoms with Crippen molar-refractivity contribution in [1.82, 2.24) is 4.98 Å². The number of pyridine rings is 1. The molecule has 1 rings (SSSR count). The van der Waals surface area contributed by atoms with Crippen LogP contribution in [0.5, 0.6) is 0 Å². The lowest BCUT2D eigenvalue weighted by atomic mass is 10.2. The zero-order valence-corrected chi connectivity index (χ0v) is 6.82. The molecule has 0 saturated heterocycles. The summed E-state index contributed by atoms with van der Waals surface area (Å²) in [5, 5.41) is 11.4. The monoisotopic (exact) mass is 176 g/mol. The molecule has 0 aromatic carbocycles. The summed E-state index contributed by atoms with van der Waals surface area (Å²) in [6, 6.07) is 3.03. The van der Waals surface area contributed by atoms with Gasteiger partial charge in [-0.25, -0.2) is 9.78 Å². The molecule has 1 heterocycles. The topological polar surface area (TPSA) is 62.2 Å². The Morgan fingerprint density at radius 1 is 1.77 bits per heavy atom.